The Balaban J connectivity index is 2.27. The lowest BCUT2D eigenvalue weighted by Gasteiger charge is -2.11. The first kappa shape index (κ1) is 13.9. The van der Waals surface area contributed by atoms with Crippen molar-refractivity contribution in [1.82, 2.24) is 4.57 Å². The first-order valence-electron chi connectivity index (χ1n) is 6.52. The van der Waals surface area contributed by atoms with Crippen LogP contribution in [0.1, 0.15) is 28.5 Å². The van der Waals surface area contributed by atoms with Gasteiger partial charge in [0.15, 0.2) is 0 Å². The van der Waals surface area contributed by atoms with Gasteiger partial charge in [0.05, 0.1) is 24.7 Å². The third-order valence-electron chi connectivity index (χ3n) is 3.04. The van der Waals surface area contributed by atoms with Crippen LogP contribution in [0.2, 0.25) is 0 Å². The summed E-state index contributed by atoms with van der Waals surface area (Å²) in [5, 5.41) is 8.80. The van der Waals surface area contributed by atoms with Gasteiger partial charge in [-0.15, -0.1) is 0 Å². The number of carbonyl (C=O) groups excluding carboxylic acids is 1. The number of nitriles is 1. The van der Waals surface area contributed by atoms with E-state index in [0.717, 1.165) is 11.3 Å². The minimum Gasteiger partial charge on any atom is -0.462 e. The molecule has 1 heterocycles. The lowest BCUT2D eigenvalue weighted by molar-refractivity contribution is 0.0525. The molecule has 2 rings (SSSR count). The van der Waals surface area contributed by atoms with Crippen molar-refractivity contribution in [1.29, 1.82) is 5.26 Å². The van der Waals surface area contributed by atoms with E-state index in [4.69, 9.17) is 10.00 Å². The summed E-state index contributed by atoms with van der Waals surface area (Å²) in [5.74, 6) is -0.308. The normalized spacial score (nSPS) is 10.0. The topological polar surface area (TPSA) is 55.0 Å². The van der Waals surface area contributed by atoms with Crippen LogP contribution in [0, 0.1) is 11.3 Å². The highest BCUT2D eigenvalue weighted by molar-refractivity contribution is 5.91. The fourth-order valence-corrected chi connectivity index (χ4v) is 2.09. The van der Waals surface area contributed by atoms with Gasteiger partial charge >= 0.3 is 5.97 Å². The van der Waals surface area contributed by atoms with Gasteiger partial charge in [-0.25, -0.2) is 4.79 Å². The van der Waals surface area contributed by atoms with Crippen molar-refractivity contribution >= 4 is 5.97 Å². The van der Waals surface area contributed by atoms with E-state index in [9.17, 15) is 4.79 Å². The molecule has 0 atom stereocenters. The van der Waals surface area contributed by atoms with E-state index < -0.39 is 0 Å². The molecule has 0 unspecified atom stereocenters. The molecular weight excluding hydrogens is 252 g/mol. The predicted molar refractivity (Wildman–Crippen MR) is 75.2 cm³/mol. The van der Waals surface area contributed by atoms with Crippen molar-refractivity contribution in [3.8, 4) is 6.07 Å². The van der Waals surface area contributed by atoms with Crippen LogP contribution in [0.25, 0.3) is 0 Å². The molecule has 0 N–H and O–H groups in total. The molecular formula is C16H16N2O2. The van der Waals surface area contributed by atoms with Crippen molar-refractivity contribution in [2.75, 3.05) is 6.61 Å². The number of rotatable bonds is 5. The zero-order valence-electron chi connectivity index (χ0n) is 11.4. The average Bonchev–Trinajstić information content (AvgIpc) is 2.87. The molecule has 0 aliphatic heterocycles. The maximum Gasteiger partial charge on any atom is 0.338 e. The monoisotopic (exact) mass is 268 g/mol. The van der Waals surface area contributed by atoms with Crippen LogP contribution in [0.5, 0.6) is 0 Å². The van der Waals surface area contributed by atoms with Gasteiger partial charge in [0.1, 0.15) is 0 Å². The van der Waals surface area contributed by atoms with Crippen molar-refractivity contribution in [3.63, 3.8) is 0 Å². The highest BCUT2D eigenvalue weighted by Crippen LogP contribution is 2.14. The third-order valence-corrected chi connectivity index (χ3v) is 3.04. The largest absolute Gasteiger partial charge is 0.462 e. The maximum atomic E-state index is 11.9. The molecule has 20 heavy (non-hydrogen) atoms. The number of hydrogen-bond donors (Lipinski definition) is 0. The number of ether oxygens (including phenoxy) is 1. The Labute approximate surface area is 118 Å². The van der Waals surface area contributed by atoms with Gasteiger partial charge in [0, 0.05) is 18.4 Å². The number of carbonyl (C=O) groups is 1. The van der Waals surface area contributed by atoms with E-state index in [2.05, 4.69) is 6.07 Å². The number of hydrogen-bond acceptors (Lipinski definition) is 3. The summed E-state index contributed by atoms with van der Waals surface area (Å²) in [6, 6.07) is 13.3. The van der Waals surface area contributed by atoms with Crippen molar-refractivity contribution in [2.45, 2.75) is 19.9 Å². The molecule has 1 aromatic heterocycles. The fraction of sp³-hybridized carbons (Fsp3) is 0.250. The quantitative estimate of drug-likeness (QED) is 0.783. The summed E-state index contributed by atoms with van der Waals surface area (Å²) in [6.45, 7) is 2.70. The Kier molecular flexibility index (Phi) is 4.56. The van der Waals surface area contributed by atoms with Crippen LogP contribution in [0.4, 0.5) is 0 Å². The Hall–Kier alpha value is -2.54. The molecule has 0 saturated heterocycles. The number of aromatic nitrogens is 1. The van der Waals surface area contributed by atoms with Crippen molar-refractivity contribution < 1.29 is 9.53 Å². The Morgan fingerprint density at radius 1 is 1.30 bits per heavy atom. The summed E-state index contributed by atoms with van der Waals surface area (Å²) in [6.07, 6.45) is 2.27. The maximum absolute atomic E-state index is 11.9. The zero-order chi connectivity index (χ0) is 14.4. The number of nitrogens with zero attached hydrogens (tertiary/aromatic N) is 2. The second kappa shape index (κ2) is 6.58. The van der Waals surface area contributed by atoms with Gasteiger partial charge in [-0.3, -0.25) is 0 Å². The number of benzene rings is 1. The minimum absolute atomic E-state index is 0.308. The zero-order valence-corrected chi connectivity index (χ0v) is 11.4. The lowest BCUT2D eigenvalue weighted by atomic mass is 10.1. The molecule has 2 aromatic rings. The molecule has 0 bridgehead atoms. The fourth-order valence-electron chi connectivity index (χ4n) is 2.09. The van der Waals surface area contributed by atoms with E-state index in [1.54, 1.807) is 13.0 Å². The Morgan fingerprint density at radius 2 is 2.10 bits per heavy atom. The van der Waals surface area contributed by atoms with Gasteiger partial charge in [-0.05, 0) is 30.7 Å². The molecule has 4 heteroatoms. The molecule has 1 aromatic carbocycles. The summed E-state index contributed by atoms with van der Waals surface area (Å²) in [5.41, 5.74) is 2.40. The van der Waals surface area contributed by atoms with Gasteiger partial charge in [0.25, 0.3) is 0 Å². The molecule has 4 nitrogen and oxygen atoms in total. The van der Waals surface area contributed by atoms with Crippen LogP contribution >= 0.6 is 0 Å². The SMILES string of the molecule is CCOC(=O)c1ccccc1Cn1cccc1CC#N. The molecule has 0 saturated carbocycles. The minimum atomic E-state index is -0.308. The van der Waals surface area contributed by atoms with Crippen LogP contribution in [-0.2, 0) is 17.7 Å². The molecule has 102 valence electrons. The highest BCUT2D eigenvalue weighted by atomic mass is 16.5. The van der Waals surface area contributed by atoms with Crippen molar-refractivity contribution in [3.05, 3.63) is 59.4 Å². The first-order chi connectivity index (χ1) is 9.76. The third kappa shape index (κ3) is 3.07. The predicted octanol–water partition coefficient (Wildman–Crippen LogP) is 2.78. The molecule has 0 aliphatic rings. The van der Waals surface area contributed by atoms with Gasteiger partial charge in [-0.2, -0.15) is 5.26 Å². The second-order valence-electron chi connectivity index (χ2n) is 4.34. The van der Waals surface area contributed by atoms with Crippen molar-refractivity contribution in [2.24, 2.45) is 0 Å². The van der Waals surface area contributed by atoms with E-state index in [1.807, 2.05) is 41.1 Å². The van der Waals surface area contributed by atoms with Gasteiger partial charge < -0.3 is 9.30 Å². The summed E-state index contributed by atoms with van der Waals surface area (Å²) in [4.78, 5) is 11.9. The van der Waals surface area contributed by atoms with E-state index in [-0.39, 0.29) is 5.97 Å². The highest BCUT2D eigenvalue weighted by Gasteiger charge is 2.12. The van der Waals surface area contributed by atoms with Crippen LogP contribution in [-0.4, -0.2) is 17.1 Å². The standard InChI is InChI=1S/C16H16N2O2/c1-2-20-16(19)15-8-4-3-6-13(15)12-18-11-5-7-14(18)9-10-17/h3-8,11H,2,9,12H2,1H3. The summed E-state index contributed by atoms with van der Waals surface area (Å²) >= 11 is 0. The smallest absolute Gasteiger partial charge is 0.338 e. The summed E-state index contributed by atoms with van der Waals surface area (Å²) < 4.78 is 7.04. The van der Waals surface area contributed by atoms with E-state index in [0.29, 0.717) is 25.1 Å². The Morgan fingerprint density at radius 3 is 2.85 bits per heavy atom. The van der Waals surface area contributed by atoms with Gasteiger partial charge in [-0.1, -0.05) is 18.2 Å². The van der Waals surface area contributed by atoms with Gasteiger partial charge in [0.2, 0.25) is 0 Å². The molecule has 0 fully saturated rings. The lowest BCUT2D eigenvalue weighted by Crippen LogP contribution is -2.11. The Bertz CT molecular complexity index is 638. The van der Waals surface area contributed by atoms with E-state index in [1.165, 1.54) is 0 Å². The van der Waals surface area contributed by atoms with Crippen LogP contribution < -0.4 is 0 Å². The molecule has 0 aliphatic carbocycles. The van der Waals surface area contributed by atoms with E-state index >= 15 is 0 Å². The average molecular weight is 268 g/mol. The second-order valence-corrected chi connectivity index (χ2v) is 4.34. The molecule has 0 amide bonds. The number of esters is 1. The molecule has 0 radical (unpaired) electrons. The van der Waals surface area contributed by atoms with Crippen LogP contribution in [0.15, 0.2) is 42.6 Å². The molecule has 0 spiro atoms. The summed E-state index contributed by atoms with van der Waals surface area (Å²) in [7, 11) is 0. The van der Waals surface area contributed by atoms with Crippen LogP contribution in [0.3, 0.4) is 0 Å². The first-order valence-corrected chi connectivity index (χ1v) is 6.52.